The molecule has 0 saturated carbocycles. The Morgan fingerprint density at radius 2 is 1.50 bits per heavy atom. The van der Waals surface area contributed by atoms with Gasteiger partial charge in [-0.25, -0.2) is 9.97 Å². The lowest BCUT2D eigenvalue weighted by Crippen LogP contribution is -2.10. The van der Waals surface area contributed by atoms with Crippen molar-refractivity contribution < 1.29 is 13.0 Å². The van der Waals surface area contributed by atoms with E-state index in [1.54, 1.807) is 12.1 Å². The predicted octanol–water partition coefficient (Wildman–Crippen LogP) is 2.74. The molecule has 20 heavy (non-hydrogen) atoms. The second kappa shape index (κ2) is 5.80. The van der Waals surface area contributed by atoms with Crippen LogP contribution in [0.3, 0.4) is 0 Å². The Bertz CT molecular complexity index is 702. The lowest BCUT2D eigenvalue weighted by Gasteiger charge is -2.07. The van der Waals surface area contributed by atoms with Gasteiger partial charge in [-0.2, -0.15) is 8.42 Å². The van der Waals surface area contributed by atoms with Crippen molar-refractivity contribution in [1.29, 1.82) is 0 Å². The highest BCUT2D eigenvalue weighted by Gasteiger charge is 2.05. The Labute approximate surface area is 124 Å². The molecule has 0 atom stereocenters. The number of halogens is 2. The van der Waals surface area contributed by atoms with E-state index in [1.165, 1.54) is 18.2 Å². The zero-order chi connectivity index (χ0) is 14.8. The highest BCUT2D eigenvalue weighted by Crippen LogP contribution is 2.20. The average molecular weight is 335 g/mol. The Kier molecular flexibility index (Phi) is 4.29. The first-order valence-corrected chi connectivity index (χ1v) is 7.34. The molecule has 0 saturated heterocycles. The molecule has 0 bridgehead atoms. The van der Waals surface area contributed by atoms with E-state index in [4.69, 9.17) is 27.8 Å². The molecular weight excluding hydrogens is 327 g/mol. The van der Waals surface area contributed by atoms with Crippen LogP contribution in [0.15, 0.2) is 30.3 Å². The minimum absolute atomic E-state index is 0.192. The maximum absolute atomic E-state index is 10.6. The summed E-state index contributed by atoms with van der Waals surface area (Å²) in [5, 5.41) is 3.23. The van der Waals surface area contributed by atoms with E-state index in [1.807, 2.05) is 4.72 Å². The molecule has 1 aromatic carbocycles. The highest BCUT2D eigenvalue weighted by molar-refractivity contribution is 7.87. The summed E-state index contributed by atoms with van der Waals surface area (Å²) in [6, 6.07) is 7.41. The minimum atomic E-state index is -4.29. The molecule has 0 spiro atoms. The molecule has 1 aromatic heterocycles. The smallest absolute Gasteiger partial charge is 0.324 e. The number of nitrogens with zero attached hydrogens (tertiary/aromatic N) is 2. The third-order valence-electron chi connectivity index (χ3n) is 2.05. The van der Waals surface area contributed by atoms with Crippen molar-refractivity contribution in [2.75, 3.05) is 10.0 Å². The topological polar surface area (TPSA) is 104 Å². The van der Waals surface area contributed by atoms with Gasteiger partial charge in [0, 0.05) is 11.8 Å². The van der Waals surface area contributed by atoms with Gasteiger partial charge in [0.1, 0.15) is 10.3 Å². The van der Waals surface area contributed by atoms with Crippen LogP contribution in [0, 0.1) is 0 Å². The summed E-state index contributed by atoms with van der Waals surface area (Å²) in [6.45, 7) is 0. The Balaban J connectivity index is 2.14. The van der Waals surface area contributed by atoms with Gasteiger partial charge in [0.25, 0.3) is 0 Å². The first-order chi connectivity index (χ1) is 9.32. The van der Waals surface area contributed by atoms with Gasteiger partial charge in [0.05, 0.1) is 5.69 Å². The molecule has 0 aliphatic carbocycles. The summed E-state index contributed by atoms with van der Waals surface area (Å²) >= 11 is 11.5. The minimum Gasteiger partial charge on any atom is -0.324 e. The van der Waals surface area contributed by atoms with Gasteiger partial charge in [-0.15, -0.1) is 0 Å². The van der Waals surface area contributed by atoms with Gasteiger partial charge in [0.2, 0.25) is 5.95 Å². The molecule has 1 heterocycles. The van der Waals surface area contributed by atoms with Crippen molar-refractivity contribution in [3.63, 3.8) is 0 Å². The summed E-state index contributed by atoms with van der Waals surface area (Å²) in [5.41, 5.74) is 0.798. The van der Waals surface area contributed by atoms with Crippen LogP contribution in [0.1, 0.15) is 0 Å². The normalized spacial score (nSPS) is 11.2. The van der Waals surface area contributed by atoms with Crippen LogP contribution < -0.4 is 10.0 Å². The quantitative estimate of drug-likeness (QED) is 0.586. The van der Waals surface area contributed by atoms with Crippen LogP contribution in [0.4, 0.5) is 17.3 Å². The van der Waals surface area contributed by atoms with Crippen molar-refractivity contribution >= 4 is 50.8 Å². The molecule has 0 aliphatic heterocycles. The Morgan fingerprint density at radius 1 is 1.00 bits per heavy atom. The maximum Gasteiger partial charge on any atom is 0.357 e. The van der Waals surface area contributed by atoms with E-state index >= 15 is 0 Å². The van der Waals surface area contributed by atoms with Crippen LogP contribution in [0.5, 0.6) is 0 Å². The highest BCUT2D eigenvalue weighted by atomic mass is 35.5. The van der Waals surface area contributed by atoms with Gasteiger partial charge >= 0.3 is 10.3 Å². The molecule has 0 radical (unpaired) electrons. The van der Waals surface area contributed by atoms with Gasteiger partial charge in [-0.3, -0.25) is 9.27 Å². The Hall–Kier alpha value is -1.61. The zero-order valence-corrected chi connectivity index (χ0v) is 12.0. The fourth-order valence-corrected chi connectivity index (χ4v) is 2.20. The van der Waals surface area contributed by atoms with Crippen LogP contribution in [0.2, 0.25) is 10.3 Å². The fourth-order valence-electron chi connectivity index (χ4n) is 1.35. The summed E-state index contributed by atoms with van der Waals surface area (Å²) < 4.78 is 31.8. The molecule has 0 unspecified atom stereocenters. The molecule has 10 heteroatoms. The lowest BCUT2D eigenvalue weighted by molar-refractivity contribution is 0.489. The van der Waals surface area contributed by atoms with Crippen LogP contribution in [-0.4, -0.2) is 22.9 Å². The van der Waals surface area contributed by atoms with Crippen LogP contribution in [0.25, 0.3) is 0 Å². The number of aromatic nitrogens is 2. The second-order valence-corrected chi connectivity index (χ2v) is 5.55. The SMILES string of the molecule is O=S(=O)(O)Nc1ccc(Nc2nc(Cl)cc(Cl)n2)cc1. The molecule has 0 fully saturated rings. The number of benzene rings is 1. The second-order valence-electron chi connectivity index (χ2n) is 3.62. The Morgan fingerprint density at radius 3 is 2.00 bits per heavy atom. The third-order valence-corrected chi connectivity index (χ3v) is 2.93. The van der Waals surface area contributed by atoms with E-state index < -0.39 is 10.3 Å². The van der Waals surface area contributed by atoms with Crippen molar-refractivity contribution in [1.82, 2.24) is 9.97 Å². The van der Waals surface area contributed by atoms with Crippen LogP contribution >= 0.6 is 23.2 Å². The van der Waals surface area contributed by atoms with E-state index in [0.717, 1.165) is 0 Å². The summed E-state index contributed by atoms with van der Waals surface area (Å²) in [6.07, 6.45) is 0. The lowest BCUT2D eigenvalue weighted by atomic mass is 10.3. The summed E-state index contributed by atoms with van der Waals surface area (Å²) in [4.78, 5) is 7.84. The monoisotopic (exact) mass is 334 g/mol. The van der Waals surface area contributed by atoms with Crippen LogP contribution in [-0.2, 0) is 10.3 Å². The number of rotatable bonds is 4. The van der Waals surface area contributed by atoms with Crippen molar-refractivity contribution in [3.8, 4) is 0 Å². The maximum atomic E-state index is 10.6. The summed E-state index contributed by atoms with van der Waals surface area (Å²) in [7, 11) is -4.29. The molecule has 0 amide bonds. The van der Waals surface area contributed by atoms with Crippen molar-refractivity contribution in [3.05, 3.63) is 40.6 Å². The molecule has 106 valence electrons. The number of hydrogen-bond donors (Lipinski definition) is 3. The van der Waals surface area contributed by atoms with Gasteiger partial charge in [-0.05, 0) is 24.3 Å². The molecule has 2 aromatic rings. The van der Waals surface area contributed by atoms with Crippen molar-refractivity contribution in [2.45, 2.75) is 0 Å². The van der Waals surface area contributed by atoms with E-state index in [2.05, 4.69) is 15.3 Å². The fraction of sp³-hybridized carbons (Fsp3) is 0. The van der Waals surface area contributed by atoms with Gasteiger partial charge in [0.15, 0.2) is 0 Å². The summed E-state index contributed by atoms with van der Waals surface area (Å²) in [5.74, 6) is 0.206. The molecule has 2 rings (SSSR count). The third kappa shape index (κ3) is 4.49. The largest absolute Gasteiger partial charge is 0.357 e. The van der Waals surface area contributed by atoms with E-state index in [-0.39, 0.29) is 21.9 Å². The number of anilines is 3. The number of hydrogen-bond acceptors (Lipinski definition) is 5. The van der Waals surface area contributed by atoms with E-state index in [9.17, 15) is 8.42 Å². The standard InChI is InChI=1S/C10H8Cl2N4O3S/c11-8-5-9(12)15-10(14-8)13-6-1-3-7(4-2-6)16-20(17,18)19/h1-5,16H,(H,13,14,15)(H,17,18,19). The molecular formula is C10H8Cl2N4O3S. The molecule has 7 nitrogen and oxygen atoms in total. The predicted molar refractivity (Wildman–Crippen MR) is 76.9 cm³/mol. The van der Waals surface area contributed by atoms with Gasteiger partial charge in [-0.1, -0.05) is 23.2 Å². The molecule has 0 aliphatic rings. The molecule has 3 N–H and O–H groups in total. The van der Waals surface area contributed by atoms with E-state index in [0.29, 0.717) is 5.69 Å². The first-order valence-electron chi connectivity index (χ1n) is 5.14. The first kappa shape index (κ1) is 14.8. The van der Waals surface area contributed by atoms with Gasteiger partial charge < -0.3 is 5.32 Å². The van der Waals surface area contributed by atoms with Crippen molar-refractivity contribution in [2.24, 2.45) is 0 Å². The zero-order valence-electron chi connectivity index (χ0n) is 9.71. The average Bonchev–Trinajstić information content (AvgIpc) is 2.28. The number of nitrogens with one attached hydrogen (secondary N) is 2.